The third kappa shape index (κ3) is 3.39. The number of ether oxygens (including phenoxy) is 2. The summed E-state index contributed by atoms with van der Waals surface area (Å²) in [6.45, 7) is 0. The SMILES string of the molecule is COc1cnc(OC(F)(F)F)c(C(F)(F)F)c1[N+](=O)[O-]. The van der Waals surface area contributed by atoms with E-state index in [0.717, 1.165) is 7.11 Å². The van der Waals surface area contributed by atoms with Gasteiger partial charge in [-0.25, -0.2) is 4.98 Å². The summed E-state index contributed by atoms with van der Waals surface area (Å²) in [5, 5.41) is 10.6. The zero-order valence-corrected chi connectivity index (χ0v) is 9.37. The number of nitrogens with zero attached hydrogens (tertiary/aromatic N) is 2. The van der Waals surface area contributed by atoms with E-state index in [1.165, 1.54) is 0 Å². The summed E-state index contributed by atoms with van der Waals surface area (Å²) < 4.78 is 81.5. The van der Waals surface area contributed by atoms with Crippen LogP contribution in [0.3, 0.4) is 0 Å². The van der Waals surface area contributed by atoms with Crippen LogP contribution in [0.4, 0.5) is 32.0 Å². The Labute approximate surface area is 106 Å². The quantitative estimate of drug-likeness (QED) is 0.487. The molecule has 1 aromatic rings. The molecule has 0 unspecified atom stereocenters. The molecular weight excluding hydrogens is 302 g/mol. The number of pyridine rings is 1. The lowest BCUT2D eigenvalue weighted by Crippen LogP contribution is -2.22. The second kappa shape index (κ2) is 5.02. The molecule has 12 heteroatoms. The topological polar surface area (TPSA) is 74.5 Å². The Balaban J connectivity index is 3.62. The average molecular weight is 306 g/mol. The molecule has 0 aliphatic rings. The summed E-state index contributed by atoms with van der Waals surface area (Å²) in [6.07, 6.45) is -10.7. The van der Waals surface area contributed by atoms with Gasteiger partial charge in [0.1, 0.15) is 0 Å². The number of methoxy groups -OCH3 is 1. The summed E-state index contributed by atoms with van der Waals surface area (Å²) in [7, 11) is 0.800. The number of halogens is 6. The van der Waals surface area contributed by atoms with Gasteiger partial charge in [-0.2, -0.15) is 13.2 Å². The van der Waals surface area contributed by atoms with Gasteiger partial charge in [0.05, 0.1) is 18.2 Å². The van der Waals surface area contributed by atoms with Gasteiger partial charge in [-0.1, -0.05) is 0 Å². The molecule has 1 rings (SSSR count). The maximum atomic E-state index is 12.7. The predicted octanol–water partition coefficient (Wildman–Crippen LogP) is 2.92. The second-order valence-electron chi connectivity index (χ2n) is 3.16. The molecule has 0 spiro atoms. The van der Waals surface area contributed by atoms with Crippen LogP contribution in [0.2, 0.25) is 0 Å². The maximum absolute atomic E-state index is 12.7. The molecule has 0 saturated carbocycles. The van der Waals surface area contributed by atoms with Crippen LogP contribution in [0.5, 0.6) is 11.6 Å². The lowest BCUT2D eigenvalue weighted by molar-refractivity contribution is -0.389. The summed E-state index contributed by atoms with van der Waals surface area (Å²) in [4.78, 5) is 11.8. The highest BCUT2D eigenvalue weighted by Gasteiger charge is 2.47. The Bertz CT molecular complexity index is 527. The molecule has 20 heavy (non-hydrogen) atoms. The zero-order chi connectivity index (χ0) is 15.7. The van der Waals surface area contributed by atoms with Crippen molar-refractivity contribution in [2.45, 2.75) is 12.5 Å². The summed E-state index contributed by atoms with van der Waals surface area (Å²) >= 11 is 0. The van der Waals surface area contributed by atoms with E-state index >= 15 is 0 Å². The van der Waals surface area contributed by atoms with Crippen LogP contribution in [0.15, 0.2) is 6.20 Å². The van der Waals surface area contributed by atoms with E-state index in [9.17, 15) is 36.5 Å². The first kappa shape index (κ1) is 15.8. The number of aromatic nitrogens is 1. The van der Waals surface area contributed by atoms with Crippen molar-refractivity contribution in [3.63, 3.8) is 0 Å². The van der Waals surface area contributed by atoms with Crippen LogP contribution in [0.25, 0.3) is 0 Å². The minimum absolute atomic E-state index is 0.328. The van der Waals surface area contributed by atoms with Gasteiger partial charge in [0.2, 0.25) is 11.6 Å². The van der Waals surface area contributed by atoms with Crippen LogP contribution in [-0.2, 0) is 6.18 Å². The first-order chi connectivity index (χ1) is 8.97. The third-order valence-electron chi connectivity index (χ3n) is 1.88. The molecule has 0 fully saturated rings. The lowest BCUT2D eigenvalue weighted by atomic mass is 10.2. The molecular formula is C8H4F6N2O4. The molecule has 0 bridgehead atoms. The molecule has 112 valence electrons. The summed E-state index contributed by atoms with van der Waals surface area (Å²) in [5.41, 5.74) is -3.99. The minimum atomic E-state index is -5.50. The summed E-state index contributed by atoms with van der Waals surface area (Å²) in [6, 6.07) is 0. The molecule has 0 aliphatic heterocycles. The Morgan fingerprint density at radius 2 is 1.80 bits per heavy atom. The van der Waals surface area contributed by atoms with E-state index in [0.29, 0.717) is 6.20 Å². The third-order valence-corrected chi connectivity index (χ3v) is 1.88. The molecule has 0 aromatic carbocycles. The first-order valence-corrected chi connectivity index (χ1v) is 4.51. The number of nitro groups is 1. The highest BCUT2D eigenvalue weighted by Crippen LogP contribution is 2.46. The van der Waals surface area contributed by atoms with E-state index in [1.54, 1.807) is 0 Å². The van der Waals surface area contributed by atoms with E-state index in [-0.39, 0.29) is 0 Å². The normalized spacial score (nSPS) is 12.2. The van der Waals surface area contributed by atoms with E-state index in [4.69, 9.17) is 0 Å². The largest absolute Gasteiger partial charge is 0.574 e. The predicted molar refractivity (Wildman–Crippen MR) is 49.1 cm³/mol. The van der Waals surface area contributed by atoms with E-state index < -0.39 is 40.3 Å². The first-order valence-electron chi connectivity index (χ1n) is 4.51. The van der Waals surface area contributed by atoms with Gasteiger partial charge in [0.25, 0.3) is 0 Å². The smallest absolute Gasteiger partial charge is 0.489 e. The van der Waals surface area contributed by atoms with Gasteiger partial charge in [0, 0.05) is 0 Å². The monoisotopic (exact) mass is 306 g/mol. The average Bonchev–Trinajstić information content (AvgIpc) is 2.24. The van der Waals surface area contributed by atoms with Crippen LogP contribution in [0, 0.1) is 10.1 Å². The van der Waals surface area contributed by atoms with Crippen molar-refractivity contribution in [3.05, 3.63) is 21.9 Å². The molecule has 0 N–H and O–H groups in total. The molecule has 1 aromatic heterocycles. The van der Waals surface area contributed by atoms with Gasteiger partial charge < -0.3 is 9.47 Å². The Morgan fingerprint density at radius 3 is 2.15 bits per heavy atom. The molecule has 0 aliphatic carbocycles. The van der Waals surface area contributed by atoms with Gasteiger partial charge in [0.15, 0.2) is 5.56 Å². The molecule has 6 nitrogen and oxygen atoms in total. The second-order valence-corrected chi connectivity index (χ2v) is 3.16. The number of rotatable bonds is 3. The fourth-order valence-electron chi connectivity index (χ4n) is 1.24. The molecule has 0 atom stereocenters. The van der Waals surface area contributed by atoms with Crippen molar-refractivity contribution in [1.29, 1.82) is 0 Å². The standard InChI is InChI=1S/C8H4F6N2O4/c1-19-3-2-15-6(20-8(12,13)14)4(7(9,10)11)5(3)16(17)18/h2H,1H3. The van der Waals surface area contributed by atoms with E-state index in [2.05, 4.69) is 14.5 Å². The van der Waals surface area contributed by atoms with Crippen molar-refractivity contribution in [3.8, 4) is 11.6 Å². The fraction of sp³-hybridized carbons (Fsp3) is 0.375. The van der Waals surface area contributed by atoms with Crippen molar-refractivity contribution in [2.24, 2.45) is 0 Å². The van der Waals surface area contributed by atoms with Crippen molar-refractivity contribution < 1.29 is 40.7 Å². The molecule has 0 amide bonds. The number of alkyl halides is 6. The Morgan fingerprint density at radius 1 is 1.25 bits per heavy atom. The molecule has 1 heterocycles. The van der Waals surface area contributed by atoms with Gasteiger partial charge >= 0.3 is 18.2 Å². The van der Waals surface area contributed by atoms with Gasteiger partial charge in [-0.15, -0.1) is 13.2 Å². The maximum Gasteiger partial charge on any atom is 0.574 e. The van der Waals surface area contributed by atoms with Crippen molar-refractivity contribution in [2.75, 3.05) is 7.11 Å². The number of hydrogen-bond donors (Lipinski definition) is 0. The van der Waals surface area contributed by atoms with Crippen LogP contribution >= 0.6 is 0 Å². The minimum Gasteiger partial charge on any atom is -0.489 e. The zero-order valence-electron chi connectivity index (χ0n) is 9.37. The highest BCUT2D eigenvalue weighted by atomic mass is 19.4. The molecule has 0 saturated heterocycles. The van der Waals surface area contributed by atoms with Gasteiger partial charge in [-0.3, -0.25) is 10.1 Å². The van der Waals surface area contributed by atoms with Crippen molar-refractivity contribution >= 4 is 5.69 Å². The van der Waals surface area contributed by atoms with E-state index in [1.807, 2.05) is 0 Å². The van der Waals surface area contributed by atoms with Crippen LogP contribution in [-0.4, -0.2) is 23.4 Å². The number of hydrogen-bond acceptors (Lipinski definition) is 5. The highest BCUT2D eigenvalue weighted by molar-refractivity contribution is 5.57. The Kier molecular flexibility index (Phi) is 3.96. The van der Waals surface area contributed by atoms with Crippen LogP contribution < -0.4 is 9.47 Å². The fourth-order valence-corrected chi connectivity index (χ4v) is 1.24. The van der Waals surface area contributed by atoms with Gasteiger partial charge in [-0.05, 0) is 0 Å². The molecule has 0 radical (unpaired) electrons. The Hall–Kier alpha value is -2.27. The van der Waals surface area contributed by atoms with Crippen molar-refractivity contribution in [1.82, 2.24) is 4.98 Å². The van der Waals surface area contributed by atoms with Crippen LogP contribution in [0.1, 0.15) is 5.56 Å². The lowest BCUT2D eigenvalue weighted by Gasteiger charge is -2.15. The summed E-state index contributed by atoms with van der Waals surface area (Å²) in [5.74, 6) is -2.92.